The highest BCUT2D eigenvalue weighted by Gasteiger charge is 2.55. The number of carbonyl (C=O) groups is 1. The van der Waals surface area contributed by atoms with Gasteiger partial charge in [0.25, 0.3) is 0 Å². The molecule has 50 heavy (non-hydrogen) atoms. The number of thiazole rings is 1. The van der Waals surface area contributed by atoms with Crippen LogP contribution in [0.4, 0.5) is 24.1 Å². The number of carbonyl (C=O) groups excluding carboxylic acids is 1. The fourth-order valence-electron chi connectivity index (χ4n) is 9.39. The van der Waals surface area contributed by atoms with E-state index in [9.17, 15) is 13.6 Å². The molecule has 1 saturated carbocycles. The molecule has 6 aliphatic rings. The Hall–Kier alpha value is -3.46. The van der Waals surface area contributed by atoms with Crippen molar-refractivity contribution >= 4 is 60.9 Å². The van der Waals surface area contributed by atoms with E-state index in [1.165, 1.54) is 25.0 Å². The van der Waals surface area contributed by atoms with E-state index in [4.69, 9.17) is 27.1 Å². The number of rotatable bonds is 7. The van der Waals surface area contributed by atoms with Gasteiger partial charge in [-0.3, -0.25) is 15.0 Å². The number of nitrogens with zero attached hydrogens (tertiary/aromatic N) is 6. The van der Waals surface area contributed by atoms with Crippen molar-refractivity contribution in [3.8, 4) is 17.1 Å². The second-order valence-corrected chi connectivity index (χ2v) is 16.4. The second kappa shape index (κ2) is 11.3. The van der Waals surface area contributed by atoms with Gasteiger partial charge in [-0.05, 0) is 69.2 Å². The molecule has 7 heterocycles. The number of hydrogen-bond acceptors (Lipinski definition) is 10. The number of nitrogens with one attached hydrogen (secondary N) is 1. The minimum Gasteiger partial charge on any atom is -0.461 e. The Morgan fingerprint density at radius 1 is 1.10 bits per heavy atom. The van der Waals surface area contributed by atoms with Gasteiger partial charge in [-0.25, -0.2) is 18.2 Å². The summed E-state index contributed by atoms with van der Waals surface area (Å²) in [4.78, 5) is 33.8. The number of fused-ring (bicyclic) bond motifs is 5. The lowest BCUT2D eigenvalue weighted by Crippen LogP contribution is -2.57. The first-order valence-corrected chi connectivity index (χ1v) is 18.8. The maximum absolute atomic E-state index is 17.0. The zero-order valence-electron chi connectivity index (χ0n) is 27.2. The van der Waals surface area contributed by atoms with Crippen LogP contribution in [0.3, 0.4) is 0 Å². The molecule has 4 aromatic rings. The number of piperazine rings is 1. The first kappa shape index (κ1) is 31.3. The van der Waals surface area contributed by atoms with Gasteiger partial charge in [-0.2, -0.15) is 9.97 Å². The summed E-state index contributed by atoms with van der Waals surface area (Å²) in [6.45, 7) is 2.41. The monoisotopic (exact) mass is 724 g/mol. The van der Waals surface area contributed by atoms with Crippen LogP contribution >= 0.6 is 22.9 Å². The Morgan fingerprint density at radius 2 is 1.90 bits per heavy atom. The summed E-state index contributed by atoms with van der Waals surface area (Å²) in [5, 5.41) is 4.07. The normalized spacial score (nSPS) is 30.5. The Labute approximate surface area is 295 Å². The maximum atomic E-state index is 17.0. The van der Waals surface area contributed by atoms with Gasteiger partial charge < -0.3 is 20.3 Å². The van der Waals surface area contributed by atoms with Gasteiger partial charge >= 0.3 is 6.01 Å². The van der Waals surface area contributed by atoms with Crippen molar-refractivity contribution in [1.29, 1.82) is 0 Å². The molecule has 2 aromatic carbocycles. The molecule has 6 atom stereocenters. The molecule has 2 bridgehead atoms. The Balaban J connectivity index is 1.05. The lowest BCUT2D eigenvalue weighted by molar-refractivity contribution is -0.134. The largest absolute Gasteiger partial charge is 0.461 e. The van der Waals surface area contributed by atoms with E-state index >= 15 is 4.39 Å². The molecule has 2 aromatic heterocycles. The van der Waals surface area contributed by atoms with Crippen molar-refractivity contribution in [3.63, 3.8) is 0 Å². The fourth-order valence-corrected chi connectivity index (χ4v) is 10.4. The van der Waals surface area contributed by atoms with Crippen LogP contribution in [0.2, 0.25) is 5.02 Å². The van der Waals surface area contributed by atoms with E-state index < -0.39 is 23.3 Å². The number of alkyl halides is 1. The van der Waals surface area contributed by atoms with Gasteiger partial charge in [0.1, 0.15) is 36.0 Å². The van der Waals surface area contributed by atoms with Crippen molar-refractivity contribution < 1.29 is 22.7 Å². The number of anilines is 2. The van der Waals surface area contributed by atoms with Crippen LogP contribution in [0.1, 0.15) is 44.9 Å². The Kier molecular flexibility index (Phi) is 7.05. The average molecular weight is 725 g/mol. The van der Waals surface area contributed by atoms with Crippen molar-refractivity contribution in [1.82, 2.24) is 30.1 Å². The van der Waals surface area contributed by atoms with Crippen molar-refractivity contribution in [2.75, 3.05) is 43.4 Å². The highest BCUT2D eigenvalue weighted by Crippen LogP contribution is 2.46. The lowest BCUT2D eigenvalue weighted by Gasteiger charge is -2.42. The van der Waals surface area contributed by atoms with E-state index in [1.807, 2.05) is 0 Å². The summed E-state index contributed by atoms with van der Waals surface area (Å²) in [5.74, 6) is 0.0489. The number of benzene rings is 2. The van der Waals surface area contributed by atoms with Crippen LogP contribution < -0.4 is 20.7 Å². The molecule has 6 fully saturated rings. The standard InChI is InChI=1S/C35H36ClF3N8O2S/c36-22-10-21-27(25(39)24(22)20-6-7-23(38)30-28(20)42-33(40)50-30)43-34(49-15-35-8-1-9-46(35)12-17(37)11-35)44-31(21)45-13-18-4-5-19(14-45)47(18)32(48)29-26(41-29)16-2-3-16/h6-7,10,16-19,26,29,41H,1-5,8-9,11-15H2,(H2,40,42)/t17-,18?,19?,26+,29-,35+/m1/s1. The highest BCUT2D eigenvalue weighted by molar-refractivity contribution is 7.22. The molecule has 10 nitrogen and oxygen atoms in total. The summed E-state index contributed by atoms with van der Waals surface area (Å²) < 4.78 is 52.8. The number of halogens is 4. The first-order chi connectivity index (χ1) is 24.2. The number of hydrogen-bond donors (Lipinski definition) is 2. The zero-order chi connectivity index (χ0) is 34.1. The highest BCUT2D eigenvalue weighted by atomic mass is 35.5. The van der Waals surface area contributed by atoms with E-state index in [0.717, 1.165) is 43.6 Å². The van der Waals surface area contributed by atoms with Gasteiger partial charge in [-0.1, -0.05) is 22.9 Å². The molecule has 15 heteroatoms. The summed E-state index contributed by atoms with van der Waals surface area (Å²) in [6.07, 6.45) is 5.32. The van der Waals surface area contributed by atoms with Crippen molar-refractivity contribution in [3.05, 3.63) is 34.9 Å². The predicted molar refractivity (Wildman–Crippen MR) is 185 cm³/mol. The minimum atomic E-state index is -0.929. The van der Waals surface area contributed by atoms with Crippen LogP contribution in [0.25, 0.3) is 32.2 Å². The Bertz CT molecular complexity index is 2070. The number of aromatic nitrogens is 3. The molecular formula is C35H36ClF3N8O2S. The lowest BCUT2D eigenvalue weighted by atomic mass is 9.95. The topological polar surface area (TPSA) is 123 Å². The number of nitrogens with two attached hydrogens (primary N) is 1. The summed E-state index contributed by atoms with van der Waals surface area (Å²) in [7, 11) is 0. The van der Waals surface area contributed by atoms with E-state index in [-0.39, 0.29) is 68.1 Å². The van der Waals surface area contributed by atoms with Crippen molar-refractivity contribution in [2.45, 2.75) is 80.8 Å². The quantitative estimate of drug-likeness (QED) is 0.245. The number of ether oxygens (including phenoxy) is 1. The molecule has 5 saturated heterocycles. The maximum Gasteiger partial charge on any atom is 0.319 e. The van der Waals surface area contributed by atoms with E-state index in [0.29, 0.717) is 54.8 Å². The molecule has 0 radical (unpaired) electrons. The van der Waals surface area contributed by atoms with Gasteiger partial charge in [0, 0.05) is 60.7 Å². The number of nitrogen functional groups attached to an aromatic ring is 1. The summed E-state index contributed by atoms with van der Waals surface area (Å²) in [5.41, 5.74) is 6.03. The fraction of sp³-hybridized carbons (Fsp3) is 0.543. The molecular weight excluding hydrogens is 689 g/mol. The van der Waals surface area contributed by atoms with Gasteiger partial charge in [-0.15, -0.1) is 0 Å². The first-order valence-electron chi connectivity index (χ1n) is 17.6. The molecule has 2 unspecified atom stereocenters. The molecule has 3 N–H and O–H groups in total. The number of amides is 1. The van der Waals surface area contributed by atoms with Gasteiger partial charge in [0.2, 0.25) is 5.91 Å². The Morgan fingerprint density at radius 3 is 2.68 bits per heavy atom. The third kappa shape index (κ3) is 4.88. The molecule has 1 amide bonds. The minimum absolute atomic E-state index is 0.000883. The van der Waals surface area contributed by atoms with Gasteiger partial charge in [0.05, 0.1) is 20.8 Å². The molecule has 5 aliphatic heterocycles. The van der Waals surface area contributed by atoms with E-state index in [2.05, 4.69) is 30.0 Å². The molecule has 0 spiro atoms. The SMILES string of the molecule is Nc1nc2c(-c3c(Cl)cc4c(N5CC6CCC(C5)N6C(=O)[C@@H]5N[C@H]5C5CC5)nc(OC[C@@]56CCCN5C[C@H](F)C6)nc4c3F)ccc(F)c2s1. The van der Waals surface area contributed by atoms with Crippen LogP contribution in [0, 0.1) is 17.6 Å². The summed E-state index contributed by atoms with van der Waals surface area (Å²) >= 11 is 7.87. The van der Waals surface area contributed by atoms with Crippen LogP contribution in [0.15, 0.2) is 18.2 Å². The van der Waals surface area contributed by atoms with Crippen molar-refractivity contribution in [2.24, 2.45) is 5.92 Å². The summed E-state index contributed by atoms with van der Waals surface area (Å²) in [6, 6.07) is 4.53. The average Bonchev–Trinajstić information content (AvgIpc) is 3.96. The van der Waals surface area contributed by atoms with Crippen LogP contribution in [0.5, 0.6) is 6.01 Å². The van der Waals surface area contributed by atoms with Gasteiger partial charge in [0.15, 0.2) is 10.9 Å². The van der Waals surface area contributed by atoms with Crippen LogP contribution in [-0.2, 0) is 4.79 Å². The second-order valence-electron chi connectivity index (χ2n) is 15.0. The van der Waals surface area contributed by atoms with Crippen LogP contribution in [-0.4, -0.2) is 99.3 Å². The zero-order valence-corrected chi connectivity index (χ0v) is 28.8. The third-order valence-corrected chi connectivity index (χ3v) is 13.1. The van der Waals surface area contributed by atoms with E-state index in [1.54, 1.807) is 6.07 Å². The molecule has 10 rings (SSSR count). The predicted octanol–water partition coefficient (Wildman–Crippen LogP) is 5.31. The molecule has 1 aliphatic carbocycles. The third-order valence-electron chi connectivity index (χ3n) is 11.9. The smallest absolute Gasteiger partial charge is 0.319 e. The molecule has 262 valence electrons.